The summed E-state index contributed by atoms with van der Waals surface area (Å²) in [6.45, 7) is 2.26. The Kier molecular flexibility index (Phi) is 4.23. The average molecular weight is 366 g/mol. The van der Waals surface area contributed by atoms with Crippen molar-refractivity contribution in [2.75, 3.05) is 29.0 Å². The Hall–Kier alpha value is -2.88. The zero-order valence-electron chi connectivity index (χ0n) is 13.8. The summed E-state index contributed by atoms with van der Waals surface area (Å²) in [5.74, 6) is 0.369. The summed E-state index contributed by atoms with van der Waals surface area (Å²) in [5.41, 5.74) is 4.47. The third kappa shape index (κ3) is 3.54. The second kappa shape index (κ2) is 6.13. The predicted octanol–water partition coefficient (Wildman–Crippen LogP) is 2.39. The molecule has 7 nitrogen and oxygen atoms in total. The van der Waals surface area contributed by atoms with Crippen molar-refractivity contribution < 1.29 is 18.3 Å². The Labute approximate surface area is 147 Å². The predicted molar refractivity (Wildman–Crippen MR) is 91.9 cm³/mol. The maximum absolute atomic E-state index is 12.9. The van der Waals surface area contributed by atoms with E-state index in [9.17, 15) is 18.3 Å². The van der Waals surface area contributed by atoms with Gasteiger partial charge in [0.2, 0.25) is 5.95 Å². The van der Waals surface area contributed by atoms with Gasteiger partial charge in [0.05, 0.1) is 16.7 Å². The number of rotatable bonds is 4. The highest BCUT2D eigenvalue weighted by Gasteiger charge is 2.39. The van der Waals surface area contributed by atoms with Crippen LogP contribution in [-0.2, 0) is 6.18 Å². The van der Waals surface area contributed by atoms with Crippen molar-refractivity contribution in [3.8, 4) is 0 Å². The number of hydrogen-bond acceptors (Lipinski definition) is 7. The average Bonchev–Trinajstić information content (AvgIpc) is 2.51. The molecule has 5 N–H and O–H groups in total. The minimum absolute atomic E-state index is 0.0911. The molecule has 3 rings (SSSR count). The molecule has 0 radical (unpaired) electrons. The number of nitrogens with zero attached hydrogens (tertiary/aromatic N) is 3. The van der Waals surface area contributed by atoms with E-state index in [1.165, 1.54) is 12.1 Å². The summed E-state index contributed by atoms with van der Waals surface area (Å²) in [6.07, 6.45) is -3.47. The monoisotopic (exact) mass is 366 g/mol. The molecule has 0 aliphatic carbocycles. The third-order valence-electron chi connectivity index (χ3n) is 3.90. The number of alkyl halides is 3. The first-order valence-electron chi connectivity index (χ1n) is 7.69. The molecule has 0 amide bonds. The summed E-state index contributed by atoms with van der Waals surface area (Å²) in [7, 11) is 0. The molecule has 0 atom stereocenters. The Balaban J connectivity index is 1.96. The SMILES string of the molecule is CC1(O)CN(c2nc(N)nc(Nc3cccc(C(F)(F)F)c3)c2C=N)C1. The highest BCUT2D eigenvalue weighted by Crippen LogP contribution is 2.34. The summed E-state index contributed by atoms with van der Waals surface area (Å²) >= 11 is 0. The number of nitrogens with one attached hydrogen (secondary N) is 2. The molecule has 10 heteroatoms. The lowest BCUT2D eigenvalue weighted by atomic mass is 9.96. The van der Waals surface area contributed by atoms with Gasteiger partial charge in [-0.25, -0.2) is 0 Å². The van der Waals surface area contributed by atoms with Crippen molar-refractivity contribution in [1.82, 2.24) is 9.97 Å². The summed E-state index contributed by atoms with van der Waals surface area (Å²) in [6, 6.07) is 4.63. The first kappa shape index (κ1) is 17.9. The molecule has 0 spiro atoms. The van der Waals surface area contributed by atoms with Crippen LogP contribution >= 0.6 is 0 Å². The fourth-order valence-corrected chi connectivity index (χ4v) is 2.78. The van der Waals surface area contributed by atoms with Crippen molar-refractivity contribution in [2.45, 2.75) is 18.7 Å². The molecule has 1 aromatic carbocycles. The van der Waals surface area contributed by atoms with Gasteiger partial charge in [0.25, 0.3) is 0 Å². The minimum atomic E-state index is -4.47. The molecule has 2 aromatic rings. The van der Waals surface area contributed by atoms with Gasteiger partial charge in [-0.05, 0) is 25.1 Å². The van der Waals surface area contributed by atoms with Crippen molar-refractivity contribution >= 4 is 29.5 Å². The third-order valence-corrected chi connectivity index (χ3v) is 3.90. The molecular formula is C16H17F3N6O. The molecule has 0 unspecified atom stereocenters. The Morgan fingerprint density at radius 2 is 2.04 bits per heavy atom. The molecule has 1 aromatic heterocycles. The van der Waals surface area contributed by atoms with Crippen LogP contribution in [0.1, 0.15) is 18.1 Å². The number of nitrogens with two attached hydrogens (primary N) is 1. The smallest absolute Gasteiger partial charge is 0.386 e. The molecule has 1 fully saturated rings. The maximum Gasteiger partial charge on any atom is 0.416 e. The lowest BCUT2D eigenvalue weighted by molar-refractivity contribution is -0.137. The number of aliphatic hydroxyl groups is 1. The van der Waals surface area contributed by atoms with E-state index in [2.05, 4.69) is 15.3 Å². The fourth-order valence-electron chi connectivity index (χ4n) is 2.78. The topological polar surface area (TPSA) is 111 Å². The summed E-state index contributed by atoms with van der Waals surface area (Å²) in [4.78, 5) is 9.82. The van der Waals surface area contributed by atoms with Gasteiger partial charge in [-0.15, -0.1) is 0 Å². The maximum atomic E-state index is 12.9. The van der Waals surface area contributed by atoms with Gasteiger partial charge in [-0.3, -0.25) is 0 Å². The number of aromatic nitrogens is 2. The number of β-amino-alcohol motifs (C(OH)–C–C–N with tert-alkyl or cyclic N) is 1. The molecular weight excluding hydrogens is 349 g/mol. The number of benzene rings is 1. The van der Waals surface area contributed by atoms with Crippen molar-refractivity contribution in [3.63, 3.8) is 0 Å². The Morgan fingerprint density at radius 1 is 1.35 bits per heavy atom. The Morgan fingerprint density at radius 3 is 2.62 bits per heavy atom. The minimum Gasteiger partial charge on any atom is -0.386 e. The zero-order chi connectivity index (χ0) is 19.1. The van der Waals surface area contributed by atoms with Crippen molar-refractivity contribution in [3.05, 3.63) is 35.4 Å². The molecule has 1 aliphatic heterocycles. The quantitative estimate of drug-likeness (QED) is 0.619. The second-order valence-corrected chi connectivity index (χ2v) is 6.37. The van der Waals surface area contributed by atoms with Crippen LogP contribution in [-0.4, -0.2) is 40.0 Å². The normalized spacial score (nSPS) is 16.1. The molecule has 2 heterocycles. The van der Waals surface area contributed by atoms with E-state index < -0.39 is 17.3 Å². The van der Waals surface area contributed by atoms with Gasteiger partial charge < -0.3 is 26.5 Å². The van der Waals surface area contributed by atoms with E-state index in [0.29, 0.717) is 18.9 Å². The van der Waals surface area contributed by atoms with Crippen LogP contribution in [0.2, 0.25) is 0 Å². The lowest BCUT2D eigenvalue weighted by Crippen LogP contribution is -2.60. The molecule has 138 valence electrons. The van der Waals surface area contributed by atoms with E-state index in [1.807, 2.05) is 0 Å². The van der Waals surface area contributed by atoms with Gasteiger partial charge in [-0.1, -0.05) is 6.07 Å². The van der Waals surface area contributed by atoms with E-state index in [4.69, 9.17) is 11.1 Å². The Bertz CT molecular complexity index is 844. The highest BCUT2D eigenvalue weighted by atomic mass is 19.4. The number of hydrogen-bond donors (Lipinski definition) is 4. The van der Waals surface area contributed by atoms with Gasteiger partial charge >= 0.3 is 6.18 Å². The van der Waals surface area contributed by atoms with Crippen LogP contribution in [0.4, 0.5) is 36.4 Å². The first-order valence-corrected chi connectivity index (χ1v) is 7.69. The van der Waals surface area contributed by atoms with Gasteiger partial charge in [0.15, 0.2) is 0 Å². The highest BCUT2D eigenvalue weighted by molar-refractivity contribution is 5.93. The van der Waals surface area contributed by atoms with E-state index in [-0.39, 0.29) is 23.0 Å². The van der Waals surface area contributed by atoms with Gasteiger partial charge in [0.1, 0.15) is 11.6 Å². The molecule has 0 bridgehead atoms. The fraction of sp³-hybridized carbons (Fsp3) is 0.312. The number of nitrogen functional groups attached to an aromatic ring is 1. The number of halogens is 3. The number of anilines is 4. The zero-order valence-corrected chi connectivity index (χ0v) is 13.8. The molecule has 0 saturated carbocycles. The van der Waals surface area contributed by atoms with E-state index >= 15 is 0 Å². The van der Waals surface area contributed by atoms with Crippen LogP contribution in [0.15, 0.2) is 24.3 Å². The van der Waals surface area contributed by atoms with Crippen molar-refractivity contribution in [2.24, 2.45) is 0 Å². The molecule has 1 saturated heterocycles. The van der Waals surface area contributed by atoms with E-state index in [0.717, 1.165) is 18.3 Å². The van der Waals surface area contributed by atoms with Crippen molar-refractivity contribution in [1.29, 1.82) is 5.41 Å². The first-order chi connectivity index (χ1) is 12.1. The molecule has 1 aliphatic rings. The summed E-state index contributed by atoms with van der Waals surface area (Å²) < 4.78 is 38.6. The van der Waals surface area contributed by atoms with E-state index in [1.54, 1.807) is 11.8 Å². The van der Waals surface area contributed by atoms with Crippen LogP contribution in [0, 0.1) is 5.41 Å². The molecule has 26 heavy (non-hydrogen) atoms. The van der Waals surface area contributed by atoms with Crippen LogP contribution in [0.5, 0.6) is 0 Å². The second-order valence-electron chi connectivity index (χ2n) is 6.37. The lowest BCUT2D eigenvalue weighted by Gasteiger charge is -2.45. The van der Waals surface area contributed by atoms with Crippen LogP contribution in [0.25, 0.3) is 0 Å². The van der Waals surface area contributed by atoms with Crippen LogP contribution < -0.4 is 16.0 Å². The van der Waals surface area contributed by atoms with Gasteiger partial charge in [-0.2, -0.15) is 23.1 Å². The van der Waals surface area contributed by atoms with Crippen LogP contribution in [0.3, 0.4) is 0 Å². The standard InChI is InChI=1S/C16H17F3N6O/c1-15(26)7-25(8-15)13-11(6-20)12(23-14(21)24-13)22-10-4-2-3-9(5-10)16(17,18)19/h2-6,20,26H,7-8H2,1H3,(H3,21,22,23,24). The summed E-state index contributed by atoms with van der Waals surface area (Å²) in [5, 5.41) is 20.3. The largest absolute Gasteiger partial charge is 0.416 e. The van der Waals surface area contributed by atoms with Gasteiger partial charge in [0, 0.05) is 25.0 Å².